The number of aromatic nitrogens is 4. The SMILES string of the molecule is Cc1ccccc1-c1noc(CSc2ncc(-c3ccccc3)n2CC(F)(F)F)n1. The first-order valence-electron chi connectivity index (χ1n) is 9.10. The lowest BCUT2D eigenvalue weighted by Crippen LogP contribution is -2.19. The Morgan fingerprint density at radius 1 is 1.03 bits per heavy atom. The predicted octanol–water partition coefficient (Wildman–Crippen LogP) is 5.76. The highest BCUT2D eigenvalue weighted by Crippen LogP contribution is 2.31. The van der Waals surface area contributed by atoms with Gasteiger partial charge in [-0.2, -0.15) is 18.2 Å². The number of alkyl halides is 3. The molecule has 2 aromatic carbocycles. The van der Waals surface area contributed by atoms with Gasteiger partial charge in [-0.3, -0.25) is 0 Å². The van der Waals surface area contributed by atoms with Crippen LogP contribution in [0.5, 0.6) is 0 Å². The molecular weight excluding hydrogens is 413 g/mol. The summed E-state index contributed by atoms with van der Waals surface area (Å²) >= 11 is 1.12. The van der Waals surface area contributed by atoms with Crippen molar-refractivity contribution in [1.82, 2.24) is 19.7 Å². The van der Waals surface area contributed by atoms with E-state index in [9.17, 15) is 13.2 Å². The van der Waals surface area contributed by atoms with Gasteiger partial charge in [0, 0.05) is 5.56 Å². The van der Waals surface area contributed by atoms with Crippen LogP contribution in [0.3, 0.4) is 0 Å². The molecule has 0 amide bonds. The molecule has 0 aliphatic heterocycles. The Balaban J connectivity index is 1.57. The smallest absolute Gasteiger partial charge is 0.338 e. The van der Waals surface area contributed by atoms with Crippen LogP contribution in [0.25, 0.3) is 22.6 Å². The van der Waals surface area contributed by atoms with E-state index >= 15 is 0 Å². The second-order valence-corrected chi connectivity index (χ2v) is 7.55. The summed E-state index contributed by atoms with van der Waals surface area (Å²) in [4.78, 5) is 8.57. The highest BCUT2D eigenvalue weighted by atomic mass is 32.2. The molecule has 0 saturated heterocycles. The lowest BCUT2D eigenvalue weighted by molar-refractivity contribution is -0.141. The number of hydrogen-bond acceptors (Lipinski definition) is 5. The maximum absolute atomic E-state index is 13.2. The highest BCUT2D eigenvalue weighted by Gasteiger charge is 2.31. The van der Waals surface area contributed by atoms with Crippen molar-refractivity contribution in [3.63, 3.8) is 0 Å². The van der Waals surface area contributed by atoms with Crippen LogP contribution in [-0.4, -0.2) is 25.9 Å². The zero-order chi connectivity index (χ0) is 21.1. The first-order valence-corrected chi connectivity index (χ1v) is 10.1. The molecule has 9 heteroatoms. The van der Waals surface area contributed by atoms with Crippen LogP contribution in [-0.2, 0) is 12.3 Å². The third kappa shape index (κ3) is 4.56. The van der Waals surface area contributed by atoms with Crippen LogP contribution >= 0.6 is 11.8 Å². The summed E-state index contributed by atoms with van der Waals surface area (Å²) in [7, 11) is 0. The molecule has 30 heavy (non-hydrogen) atoms. The summed E-state index contributed by atoms with van der Waals surface area (Å²) in [6.45, 7) is 0.816. The number of nitrogens with zero attached hydrogens (tertiary/aromatic N) is 4. The molecule has 154 valence electrons. The van der Waals surface area contributed by atoms with Gasteiger partial charge in [-0.15, -0.1) is 0 Å². The number of benzene rings is 2. The van der Waals surface area contributed by atoms with Gasteiger partial charge in [-0.1, -0.05) is 71.5 Å². The number of aryl methyl sites for hydroxylation is 1. The first-order chi connectivity index (χ1) is 14.4. The molecule has 4 rings (SSSR count). The Kier molecular flexibility index (Phi) is 5.63. The van der Waals surface area contributed by atoms with Gasteiger partial charge < -0.3 is 9.09 Å². The molecule has 0 aliphatic rings. The van der Waals surface area contributed by atoms with E-state index in [1.54, 1.807) is 24.3 Å². The van der Waals surface area contributed by atoms with Gasteiger partial charge in [0.15, 0.2) is 5.16 Å². The third-order valence-corrected chi connectivity index (χ3v) is 5.38. The molecular formula is C21H17F3N4OS. The average molecular weight is 430 g/mol. The third-order valence-electron chi connectivity index (χ3n) is 4.40. The molecule has 0 fully saturated rings. The van der Waals surface area contributed by atoms with Crippen LogP contribution in [0.1, 0.15) is 11.5 Å². The second-order valence-electron chi connectivity index (χ2n) is 6.61. The maximum atomic E-state index is 13.2. The van der Waals surface area contributed by atoms with Gasteiger partial charge in [0.05, 0.1) is 17.6 Å². The van der Waals surface area contributed by atoms with E-state index in [0.29, 0.717) is 23.0 Å². The summed E-state index contributed by atoms with van der Waals surface area (Å²) in [6.07, 6.45) is -2.92. The molecule has 2 aromatic heterocycles. The number of thioether (sulfide) groups is 1. The first kappa shape index (κ1) is 20.2. The Hall–Kier alpha value is -3.07. The summed E-state index contributed by atoms with van der Waals surface area (Å²) in [5.41, 5.74) is 2.93. The fourth-order valence-electron chi connectivity index (χ4n) is 3.02. The molecule has 0 radical (unpaired) electrons. The van der Waals surface area contributed by atoms with Crippen LogP contribution in [0.15, 0.2) is 70.5 Å². The lowest BCUT2D eigenvalue weighted by Gasteiger charge is -2.13. The molecule has 0 spiro atoms. The van der Waals surface area contributed by atoms with Crippen molar-refractivity contribution < 1.29 is 17.7 Å². The lowest BCUT2D eigenvalue weighted by atomic mass is 10.1. The average Bonchev–Trinajstić information content (AvgIpc) is 3.33. The van der Waals surface area contributed by atoms with Crippen LogP contribution in [0.4, 0.5) is 13.2 Å². The molecule has 5 nitrogen and oxygen atoms in total. The fraction of sp³-hybridized carbons (Fsp3) is 0.190. The largest absolute Gasteiger partial charge is 0.406 e. The zero-order valence-corrected chi connectivity index (χ0v) is 16.7. The highest BCUT2D eigenvalue weighted by molar-refractivity contribution is 7.98. The summed E-state index contributed by atoms with van der Waals surface area (Å²) in [6, 6.07) is 16.5. The van der Waals surface area contributed by atoms with Gasteiger partial charge in [0.25, 0.3) is 0 Å². The Morgan fingerprint density at radius 3 is 2.50 bits per heavy atom. The molecule has 0 atom stereocenters. The maximum Gasteiger partial charge on any atom is 0.406 e. The minimum Gasteiger partial charge on any atom is -0.338 e. The van der Waals surface area contributed by atoms with E-state index in [2.05, 4.69) is 15.1 Å². The van der Waals surface area contributed by atoms with Crippen molar-refractivity contribution in [2.75, 3.05) is 0 Å². The van der Waals surface area contributed by atoms with Crippen molar-refractivity contribution in [1.29, 1.82) is 0 Å². The topological polar surface area (TPSA) is 56.7 Å². The quantitative estimate of drug-likeness (QED) is 0.364. The van der Waals surface area contributed by atoms with Crippen LogP contribution in [0, 0.1) is 6.92 Å². The van der Waals surface area contributed by atoms with Crippen molar-refractivity contribution in [3.05, 3.63) is 72.2 Å². The standard InChI is InChI=1S/C21H17F3N4OS/c1-14-7-5-6-10-16(14)19-26-18(29-27-19)12-30-20-25-11-17(15-8-3-2-4-9-15)28(20)13-21(22,23)24/h2-11H,12-13H2,1H3. The molecule has 4 aromatic rings. The second kappa shape index (κ2) is 8.35. The van der Waals surface area contributed by atoms with E-state index < -0.39 is 12.7 Å². The van der Waals surface area contributed by atoms with Crippen LogP contribution < -0.4 is 0 Å². The molecule has 0 saturated carbocycles. The monoisotopic (exact) mass is 430 g/mol. The Labute approximate surface area is 175 Å². The minimum atomic E-state index is -4.37. The predicted molar refractivity (Wildman–Crippen MR) is 108 cm³/mol. The number of imidazole rings is 1. The summed E-state index contributed by atoms with van der Waals surface area (Å²) in [5.74, 6) is 0.982. The Bertz CT molecular complexity index is 1140. The van der Waals surface area contributed by atoms with E-state index in [0.717, 1.165) is 22.9 Å². The molecule has 0 bridgehead atoms. The van der Waals surface area contributed by atoms with Gasteiger partial charge in [0.2, 0.25) is 11.7 Å². The van der Waals surface area contributed by atoms with Gasteiger partial charge >= 0.3 is 6.18 Å². The Morgan fingerprint density at radius 2 is 1.77 bits per heavy atom. The molecule has 0 aliphatic carbocycles. The van der Waals surface area contributed by atoms with Crippen molar-refractivity contribution >= 4 is 11.8 Å². The summed E-state index contributed by atoms with van der Waals surface area (Å²) in [5, 5.41) is 4.23. The van der Waals surface area contributed by atoms with Gasteiger partial charge in [-0.25, -0.2) is 4.98 Å². The van der Waals surface area contributed by atoms with E-state index in [1.165, 1.54) is 10.8 Å². The molecule has 0 N–H and O–H groups in total. The minimum absolute atomic E-state index is 0.210. The number of rotatable bonds is 6. The van der Waals surface area contributed by atoms with Gasteiger partial charge in [-0.05, 0) is 18.1 Å². The van der Waals surface area contributed by atoms with Crippen molar-refractivity contribution in [2.24, 2.45) is 0 Å². The zero-order valence-electron chi connectivity index (χ0n) is 15.9. The van der Waals surface area contributed by atoms with Crippen molar-refractivity contribution in [3.8, 4) is 22.6 Å². The van der Waals surface area contributed by atoms with Crippen LogP contribution in [0.2, 0.25) is 0 Å². The summed E-state index contributed by atoms with van der Waals surface area (Å²) < 4.78 is 46.0. The fourth-order valence-corrected chi connectivity index (χ4v) is 3.83. The van der Waals surface area contributed by atoms with E-state index in [4.69, 9.17) is 4.52 Å². The van der Waals surface area contributed by atoms with E-state index in [1.807, 2.05) is 37.3 Å². The molecule has 0 unspecified atom stereocenters. The number of hydrogen-bond donors (Lipinski definition) is 0. The van der Waals surface area contributed by atoms with E-state index in [-0.39, 0.29) is 10.9 Å². The molecule has 2 heterocycles. The number of halogens is 3. The normalized spacial score (nSPS) is 11.7. The van der Waals surface area contributed by atoms with Crippen molar-refractivity contribution in [2.45, 2.75) is 30.6 Å². The van der Waals surface area contributed by atoms with Gasteiger partial charge in [0.1, 0.15) is 6.54 Å².